The molecule has 2 aromatic rings. The number of rotatable bonds is 6. The zero-order valence-electron chi connectivity index (χ0n) is 12.5. The first-order valence-electron chi connectivity index (χ1n) is 7.15. The standard InChI is InChI=1S/C18H21FO2/c1-3-18(20,12-14-8-5-4-6-9-14)13-15-10-7-11-16(21-2)17(15)19/h4-11,20H,3,12-13H2,1-2H3. The monoisotopic (exact) mass is 288 g/mol. The van der Waals surface area contributed by atoms with E-state index >= 15 is 0 Å². The van der Waals surface area contributed by atoms with Crippen LogP contribution in [0.5, 0.6) is 5.75 Å². The lowest BCUT2D eigenvalue weighted by Gasteiger charge is -2.27. The quantitative estimate of drug-likeness (QED) is 0.877. The number of aliphatic hydroxyl groups is 1. The third kappa shape index (κ3) is 3.82. The van der Waals surface area contributed by atoms with Crippen LogP contribution in [-0.2, 0) is 12.8 Å². The van der Waals surface area contributed by atoms with Gasteiger partial charge < -0.3 is 9.84 Å². The van der Waals surface area contributed by atoms with E-state index in [0.29, 0.717) is 18.4 Å². The summed E-state index contributed by atoms with van der Waals surface area (Å²) in [6, 6.07) is 14.8. The SMILES string of the molecule is CCC(O)(Cc1ccccc1)Cc1cccc(OC)c1F. The van der Waals surface area contributed by atoms with Gasteiger partial charge in [-0.3, -0.25) is 0 Å². The molecule has 0 fully saturated rings. The number of hydrogen-bond acceptors (Lipinski definition) is 2. The Morgan fingerprint density at radius 1 is 1.05 bits per heavy atom. The van der Waals surface area contributed by atoms with Gasteiger partial charge in [0, 0.05) is 12.8 Å². The summed E-state index contributed by atoms with van der Waals surface area (Å²) in [6.45, 7) is 1.92. The van der Waals surface area contributed by atoms with Crippen LogP contribution < -0.4 is 4.74 Å². The molecule has 2 nitrogen and oxygen atoms in total. The van der Waals surface area contributed by atoms with Crippen LogP contribution in [0.25, 0.3) is 0 Å². The first-order valence-corrected chi connectivity index (χ1v) is 7.15. The molecule has 1 unspecified atom stereocenters. The third-order valence-electron chi connectivity index (χ3n) is 3.82. The van der Waals surface area contributed by atoms with Crippen molar-refractivity contribution in [2.45, 2.75) is 31.8 Å². The molecule has 0 saturated heterocycles. The molecule has 0 heterocycles. The Morgan fingerprint density at radius 2 is 1.76 bits per heavy atom. The van der Waals surface area contributed by atoms with Crippen molar-refractivity contribution in [3.8, 4) is 5.75 Å². The average molecular weight is 288 g/mol. The first kappa shape index (κ1) is 15.5. The molecule has 0 saturated carbocycles. The topological polar surface area (TPSA) is 29.5 Å². The third-order valence-corrected chi connectivity index (χ3v) is 3.82. The Labute approximate surface area is 125 Å². The van der Waals surface area contributed by atoms with Crippen LogP contribution in [0, 0.1) is 5.82 Å². The number of halogens is 1. The van der Waals surface area contributed by atoms with Crippen LogP contribution in [0.3, 0.4) is 0 Å². The second-order valence-electron chi connectivity index (χ2n) is 5.35. The molecule has 0 aliphatic heterocycles. The second kappa shape index (κ2) is 6.72. The fourth-order valence-corrected chi connectivity index (χ4v) is 2.49. The fraction of sp³-hybridized carbons (Fsp3) is 0.333. The first-order chi connectivity index (χ1) is 10.1. The minimum atomic E-state index is -0.964. The molecule has 2 aromatic carbocycles. The molecule has 0 radical (unpaired) electrons. The molecule has 1 N–H and O–H groups in total. The number of benzene rings is 2. The van der Waals surface area contributed by atoms with Crippen LogP contribution in [0.4, 0.5) is 4.39 Å². The summed E-state index contributed by atoms with van der Waals surface area (Å²) in [5.41, 5.74) is 0.564. The van der Waals surface area contributed by atoms with E-state index in [2.05, 4.69) is 0 Å². The largest absolute Gasteiger partial charge is 0.494 e. The zero-order valence-corrected chi connectivity index (χ0v) is 12.5. The molecule has 1 atom stereocenters. The summed E-state index contributed by atoms with van der Waals surface area (Å²) in [7, 11) is 1.44. The van der Waals surface area contributed by atoms with Crippen LogP contribution >= 0.6 is 0 Å². The van der Waals surface area contributed by atoms with Crippen molar-refractivity contribution in [1.29, 1.82) is 0 Å². The number of hydrogen-bond donors (Lipinski definition) is 1. The van der Waals surface area contributed by atoms with E-state index in [1.54, 1.807) is 18.2 Å². The molecule has 0 spiro atoms. The van der Waals surface area contributed by atoms with Gasteiger partial charge in [0.1, 0.15) is 0 Å². The van der Waals surface area contributed by atoms with Gasteiger partial charge in [-0.2, -0.15) is 0 Å². The van der Waals surface area contributed by atoms with Crippen molar-refractivity contribution in [1.82, 2.24) is 0 Å². The van der Waals surface area contributed by atoms with E-state index < -0.39 is 5.60 Å². The Bertz CT molecular complexity index is 583. The number of ether oxygens (including phenoxy) is 1. The Hall–Kier alpha value is -1.87. The lowest BCUT2D eigenvalue weighted by molar-refractivity contribution is 0.0359. The molecule has 0 aromatic heterocycles. The molecular formula is C18H21FO2. The van der Waals surface area contributed by atoms with Crippen LogP contribution in [0.1, 0.15) is 24.5 Å². The van der Waals surface area contributed by atoms with Crippen LogP contribution in [0.15, 0.2) is 48.5 Å². The molecular weight excluding hydrogens is 267 g/mol. The molecule has 2 rings (SSSR count). The zero-order chi connectivity index (χ0) is 15.3. The smallest absolute Gasteiger partial charge is 0.168 e. The summed E-state index contributed by atoms with van der Waals surface area (Å²) < 4.78 is 19.2. The maximum Gasteiger partial charge on any atom is 0.168 e. The van der Waals surface area contributed by atoms with Gasteiger partial charge in [0.2, 0.25) is 0 Å². The predicted molar refractivity (Wildman–Crippen MR) is 82.0 cm³/mol. The highest BCUT2D eigenvalue weighted by Crippen LogP contribution is 2.27. The molecule has 0 aliphatic rings. The summed E-state index contributed by atoms with van der Waals surface area (Å²) in [6.07, 6.45) is 1.32. The highest BCUT2D eigenvalue weighted by atomic mass is 19.1. The van der Waals surface area contributed by atoms with Crippen molar-refractivity contribution < 1.29 is 14.2 Å². The van der Waals surface area contributed by atoms with Gasteiger partial charge in [-0.1, -0.05) is 49.4 Å². The van der Waals surface area contributed by atoms with E-state index in [1.165, 1.54) is 7.11 Å². The van der Waals surface area contributed by atoms with Gasteiger partial charge in [0.15, 0.2) is 11.6 Å². The van der Waals surface area contributed by atoms with Crippen molar-refractivity contribution in [3.63, 3.8) is 0 Å². The minimum absolute atomic E-state index is 0.214. The highest BCUT2D eigenvalue weighted by molar-refractivity contribution is 5.32. The van der Waals surface area contributed by atoms with Crippen molar-refractivity contribution in [2.75, 3.05) is 7.11 Å². The van der Waals surface area contributed by atoms with Crippen molar-refractivity contribution in [3.05, 3.63) is 65.5 Å². The normalized spacial score (nSPS) is 13.7. The number of methoxy groups -OCH3 is 1. The van der Waals surface area contributed by atoms with Crippen molar-refractivity contribution in [2.24, 2.45) is 0 Å². The lowest BCUT2D eigenvalue weighted by atomic mass is 9.85. The van der Waals surface area contributed by atoms with E-state index in [4.69, 9.17) is 4.74 Å². The van der Waals surface area contributed by atoms with Gasteiger partial charge in [-0.05, 0) is 23.6 Å². The Morgan fingerprint density at radius 3 is 2.38 bits per heavy atom. The van der Waals surface area contributed by atoms with E-state index in [1.807, 2.05) is 37.3 Å². The van der Waals surface area contributed by atoms with E-state index in [-0.39, 0.29) is 18.0 Å². The maximum atomic E-state index is 14.2. The Kier molecular flexibility index (Phi) is 4.97. The van der Waals surface area contributed by atoms with Gasteiger partial charge in [-0.15, -0.1) is 0 Å². The lowest BCUT2D eigenvalue weighted by Crippen LogP contribution is -2.33. The van der Waals surface area contributed by atoms with Gasteiger partial charge in [0.05, 0.1) is 12.7 Å². The maximum absolute atomic E-state index is 14.2. The van der Waals surface area contributed by atoms with Gasteiger partial charge in [0.25, 0.3) is 0 Å². The average Bonchev–Trinajstić information content (AvgIpc) is 2.50. The highest BCUT2D eigenvalue weighted by Gasteiger charge is 2.27. The minimum Gasteiger partial charge on any atom is -0.494 e. The summed E-state index contributed by atoms with van der Waals surface area (Å²) in [4.78, 5) is 0. The molecule has 0 amide bonds. The summed E-state index contributed by atoms with van der Waals surface area (Å²) in [5, 5.41) is 10.8. The molecule has 21 heavy (non-hydrogen) atoms. The van der Waals surface area contributed by atoms with Crippen LogP contribution in [-0.4, -0.2) is 17.8 Å². The van der Waals surface area contributed by atoms with Gasteiger partial charge in [-0.25, -0.2) is 4.39 Å². The van der Waals surface area contributed by atoms with Gasteiger partial charge >= 0.3 is 0 Å². The summed E-state index contributed by atoms with van der Waals surface area (Å²) in [5.74, 6) is -0.175. The molecule has 0 aliphatic carbocycles. The van der Waals surface area contributed by atoms with Crippen molar-refractivity contribution >= 4 is 0 Å². The molecule has 3 heteroatoms. The molecule has 112 valence electrons. The summed E-state index contributed by atoms with van der Waals surface area (Å²) >= 11 is 0. The molecule has 0 bridgehead atoms. The van der Waals surface area contributed by atoms with E-state index in [0.717, 1.165) is 5.56 Å². The van der Waals surface area contributed by atoms with E-state index in [9.17, 15) is 9.50 Å². The second-order valence-corrected chi connectivity index (χ2v) is 5.35. The predicted octanol–water partition coefficient (Wildman–Crippen LogP) is 3.76. The Balaban J connectivity index is 2.22. The van der Waals surface area contributed by atoms with Crippen LogP contribution in [0.2, 0.25) is 0 Å². The fourth-order valence-electron chi connectivity index (χ4n) is 2.49.